The number of aromatic amines is 1. The molecule has 0 bridgehead atoms. The molecule has 2 heterocycles. The van der Waals surface area contributed by atoms with Crippen molar-refractivity contribution in [1.82, 2.24) is 15.0 Å². The van der Waals surface area contributed by atoms with Gasteiger partial charge in [0, 0.05) is 44.5 Å². The molecule has 0 saturated carbocycles. The van der Waals surface area contributed by atoms with Crippen molar-refractivity contribution in [2.24, 2.45) is 0 Å². The van der Waals surface area contributed by atoms with Crippen LogP contribution in [0.4, 0.5) is 5.95 Å². The Kier molecular flexibility index (Phi) is 4.05. The molecule has 0 unspecified atom stereocenters. The van der Waals surface area contributed by atoms with Crippen LogP contribution < -0.4 is 5.73 Å². The fourth-order valence-electron chi connectivity index (χ4n) is 2.99. The number of fused-ring (bicyclic) bond motifs is 1. The number of nitrogens with two attached hydrogens (primary N) is 1. The maximum absolute atomic E-state index is 11.5. The second-order valence-electron chi connectivity index (χ2n) is 6.02. The predicted molar refractivity (Wildman–Crippen MR) is 107 cm³/mol. The number of nitrogens with zero attached hydrogens (tertiary/aromatic N) is 2. The number of rotatable bonds is 3. The van der Waals surface area contributed by atoms with Gasteiger partial charge in [-0.2, -0.15) is 0 Å². The van der Waals surface area contributed by atoms with Gasteiger partial charge in [0.2, 0.25) is 5.95 Å². The predicted octanol–water partition coefficient (Wildman–Crippen LogP) is 4.84. The van der Waals surface area contributed by atoms with E-state index in [-0.39, 0.29) is 11.7 Å². The molecule has 5 nitrogen and oxygen atoms in total. The summed E-state index contributed by atoms with van der Waals surface area (Å²) in [6.45, 7) is 1.55. The Morgan fingerprint density at radius 3 is 2.62 bits per heavy atom. The van der Waals surface area contributed by atoms with Gasteiger partial charge in [0.25, 0.3) is 0 Å². The molecule has 0 saturated heterocycles. The molecule has 0 aliphatic heterocycles. The van der Waals surface area contributed by atoms with Crippen molar-refractivity contribution in [1.29, 1.82) is 0 Å². The van der Waals surface area contributed by atoms with E-state index < -0.39 is 0 Å². The molecule has 0 aliphatic carbocycles. The number of H-pyrrole nitrogens is 1. The van der Waals surface area contributed by atoms with Gasteiger partial charge in [0.05, 0.1) is 5.69 Å². The van der Waals surface area contributed by atoms with E-state index in [1.54, 1.807) is 13.1 Å². The Labute approximate surface area is 158 Å². The number of ketones is 1. The first-order chi connectivity index (χ1) is 12.5. The van der Waals surface area contributed by atoms with E-state index in [1.165, 1.54) is 0 Å². The van der Waals surface area contributed by atoms with Crippen molar-refractivity contribution in [3.8, 4) is 22.4 Å². The summed E-state index contributed by atoms with van der Waals surface area (Å²) in [5.74, 6) is 0.253. The third-order valence-corrected chi connectivity index (χ3v) is 4.80. The lowest BCUT2D eigenvalue weighted by Gasteiger charge is -2.09. The maximum atomic E-state index is 11.5. The van der Waals surface area contributed by atoms with Crippen molar-refractivity contribution in [3.05, 3.63) is 64.9 Å². The summed E-state index contributed by atoms with van der Waals surface area (Å²) in [5, 5.41) is 1.05. The molecule has 0 atom stereocenters. The van der Waals surface area contributed by atoms with Crippen LogP contribution in [0, 0.1) is 0 Å². The average Bonchev–Trinajstić information content (AvgIpc) is 3.04. The molecule has 128 valence electrons. The van der Waals surface area contributed by atoms with Crippen LogP contribution in [0.5, 0.6) is 0 Å². The summed E-state index contributed by atoms with van der Waals surface area (Å²) in [4.78, 5) is 23.4. The number of carbonyl (C=O) groups excluding carboxylic acids is 1. The quantitative estimate of drug-likeness (QED) is 0.476. The molecule has 6 heteroatoms. The molecule has 3 N–H and O–H groups in total. The van der Waals surface area contributed by atoms with Crippen LogP contribution in [-0.4, -0.2) is 20.7 Å². The zero-order valence-corrected chi connectivity index (χ0v) is 15.5. The van der Waals surface area contributed by atoms with E-state index in [1.807, 2.05) is 48.7 Å². The zero-order chi connectivity index (χ0) is 18.3. The minimum absolute atomic E-state index is 0.0348. The molecule has 0 spiro atoms. The lowest BCUT2D eigenvalue weighted by atomic mass is 9.99. The van der Waals surface area contributed by atoms with Crippen molar-refractivity contribution < 1.29 is 4.79 Å². The number of halogens is 1. The number of nitrogens with one attached hydrogen (secondary N) is 1. The van der Waals surface area contributed by atoms with Crippen LogP contribution in [-0.2, 0) is 0 Å². The highest BCUT2D eigenvalue weighted by atomic mass is 79.9. The number of hydrogen-bond donors (Lipinski definition) is 2. The number of nitrogen functional groups attached to an aromatic ring is 1. The first-order valence-corrected chi connectivity index (χ1v) is 8.83. The Hall–Kier alpha value is -2.99. The van der Waals surface area contributed by atoms with Crippen molar-refractivity contribution >= 4 is 38.6 Å². The van der Waals surface area contributed by atoms with E-state index in [4.69, 9.17) is 5.73 Å². The molecule has 0 fully saturated rings. The van der Waals surface area contributed by atoms with Crippen LogP contribution >= 0.6 is 15.9 Å². The summed E-state index contributed by atoms with van der Waals surface area (Å²) in [5.41, 5.74) is 11.0. The fraction of sp³-hybridized carbons (Fsp3) is 0.0500. The first-order valence-electron chi connectivity index (χ1n) is 8.04. The summed E-state index contributed by atoms with van der Waals surface area (Å²) >= 11 is 3.49. The third kappa shape index (κ3) is 2.88. The minimum atomic E-state index is 0.0348. The van der Waals surface area contributed by atoms with Gasteiger partial charge in [-0.3, -0.25) is 4.79 Å². The number of Topliss-reactive ketones (excluding diaryl/α,β-unsaturated/α-hetero) is 1. The van der Waals surface area contributed by atoms with Gasteiger partial charge in [-0.25, -0.2) is 9.97 Å². The van der Waals surface area contributed by atoms with E-state index >= 15 is 0 Å². The summed E-state index contributed by atoms with van der Waals surface area (Å²) in [6, 6.07) is 13.5. The molecule has 2 aromatic heterocycles. The topological polar surface area (TPSA) is 84.7 Å². The van der Waals surface area contributed by atoms with E-state index in [0.29, 0.717) is 5.56 Å². The Bertz CT molecular complexity index is 1130. The largest absolute Gasteiger partial charge is 0.368 e. The molecule has 4 aromatic rings. The van der Waals surface area contributed by atoms with Crippen LogP contribution in [0.25, 0.3) is 33.3 Å². The lowest BCUT2D eigenvalue weighted by Crippen LogP contribution is -1.99. The molecule has 2 aromatic carbocycles. The zero-order valence-electron chi connectivity index (χ0n) is 14.0. The second kappa shape index (κ2) is 6.38. The van der Waals surface area contributed by atoms with Crippen LogP contribution in [0.2, 0.25) is 0 Å². The van der Waals surface area contributed by atoms with Gasteiger partial charge >= 0.3 is 0 Å². The normalized spacial score (nSPS) is 11.0. The van der Waals surface area contributed by atoms with Crippen molar-refractivity contribution in [2.45, 2.75) is 6.92 Å². The molecule has 4 rings (SSSR count). The highest BCUT2D eigenvalue weighted by Crippen LogP contribution is 2.35. The van der Waals surface area contributed by atoms with Gasteiger partial charge in [0.1, 0.15) is 0 Å². The summed E-state index contributed by atoms with van der Waals surface area (Å²) in [6.07, 6.45) is 3.64. The monoisotopic (exact) mass is 406 g/mol. The molecule has 0 amide bonds. The number of aromatic nitrogens is 3. The summed E-state index contributed by atoms with van der Waals surface area (Å²) < 4.78 is 1.00. The Balaban J connectivity index is 1.91. The van der Waals surface area contributed by atoms with Gasteiger partial charge in [-0.15, -0.1) is 0 Å². The number of benzene rings is 2. The van der Waals surface area contributed by atoms with E-state index in [0.717, 1.165) is 37.8 Å². The van der Waals surface area contributed by atoms with Crippen molar-refractivity contribution in [3.63, 3.8) is 0 Å². The van der Waals surface area contributed by atoms with E-state index in [2.05, 4.69) is 30.9 Å². The maximum Gasteiger partial charge on any atom is 0.220 e. The third-order valence-electron chi connectivity index (χ3n) is 4.31. The van der Waals surface area contributed by atoms with Crippen molar-refractivity contribution in [2.75, 3.05) is 5.73 Å². The van der Waals surface area contributed by atoms with Crippen LogP contribution in [0.3, 0.4) is 0 Å². The number of carbonyl (C=O) groups is 1. The number of anilines is 1. The Morgan fingerprint density at radius 2 is 1.88 bits per heavy atom. The van der Waals surface area contributed by atoms with Gasteiger partial charge in [-0.05, 0) is 24.6 Å². The average molecular weight is 407 g/mol. The first kappa shape index (κ1) is 16.5. The smallest absolute Gasteiger partial charge is 0.220 e. The fourth-order valence-corrected chi connectivity index (χ4v) is 3.35. The number of hydrogen-bond acceptors (Lipinski definition) is 4. The second-order valence-corrected chi connectivity index (χ2v) is 6.93. The van der Waals surface area contributed by atoms with Gasteiger partial charge < -0.3 is 10.7 Å². The van der Waals surface area contributed by atoms with Gasteiger partial charge in [-0.1, -0.05) is 46.3 Å². The van der Waals surface area contributed by atoms with Crippen LogP contribution in [0.1, 0.15) is 17.3 Å². The molecule has 0 radical (unpaired) electrons. The summed E-state index contributed by atoms with van der Waals surface area (Å²) in [7, 11) is 0. The van der Waals surface area contributed by atoms with Gasteiger partial charge in [0.15, 0.2) is 5.78 Å². The molecule has 26 heavy (non-hydrogen) atoms. The van der Waals surface area contributed by atoms with E-state index in [9.17, 15) is 4.79 Å². The minimum Gasteiger partial charge on any atom is -0.368 e. The molecule has 0 aliphatic rings. The molecular weight excluding hydrogens is 392 g/mol. The van der Waals surface area contributed by atoms with Crippen LogP contribution in [0.15, 0.2) is 59.3 Å². The Morgan fingerprint density at radius 1 is 1.12 bits per heavy atom. The molecular formula is C20H15BrN4O. The lowest BCUT2D eigenvalue weighted by molar-refractivity contribution is 0.101. The SMILES string of the molecule is CC(=O)c1ccc(-c2cnc(N)nc2-c2c[nH]c3cc(Br)ccc23)cc1. The highest BCUT2D eigenvalue weighted by Gasteiger charge is 2.15. The standard InChI is InChI=1S/C20H15BrN4O/c1-11(26)12-2-4-13(5-3-12)16-9-24-20(22)25-19(16)17-10-23-18-8-14(21)6-7-15(17)18/h2-10,23H,1H3,(H2,22,24,25). The highest BCUT2D eigenvalue weighted by molar-refractivity contribution is 9.10.